The lowest BCUT2D eigenvalue weighted by molar-refractivity contribution is 0.282. The maximum atomic E-state index is 12.2. The maximum Gasteiger partial charge on any atom is 0.250 e. The average Bonchev–Trinajstić information content (AvgIpc) is 3.14. The Morgan fingerprint density at radius 1 is 1.45 bits per heavy atom. The number of nitrogens with one attached hydrogen (secondary N) is 1. The van der Waals surface area contributed by atoms with Gasteiger partial charge in [0.15, 0.2) is 0 Å². The summed E-state index contributed by atoms with van der Waals surface area (Å²) in [6.07, 6.45) is 3.22. The van der Waals surface area contributed by atoms with E-state index in [2.05, 4.69) is 16.5 Å². The first-order valence-corrected chi connectivity index (χ1v) is 9.39. The van der Waals surface area contributed by atoms with Crippen molar-refractivity contribution in [2.24, 2.45) is 5.73 Å². The van der Waals surface area contributed by atoms with Crippen LogP contribution in [0.25, 0.3) is 0 Å². The van der Waals surface area contributed by atoms with Crippen molar-refractivity contribution in [2.45, 2.75) is 36.4 Å². The van der Waals surface area contributed by atoms with Gasteiger partial charge in [0.1, 0.15) is 4.21 Å². The second kappa shape index (κ2) is 7.00. The molecule has 3 N–H and O–H groups in total. The zero-order valence-corrected chi connectivity index (χ0v) is 13.5. The molecule has 114 valence electrons. The second-order valence-electron chi connectivity index (χ2n) is 5.02. The fraction of sp³-hybridized carbons (Fsp3) is 0.692. The molecule has 0 aliphatic heterocycles. The van der Waals surface area contributed by atoms with Crippen molar-refractivity contribution in [1.29, 1.82) is 0 Å². The van der Waals surface area contributed by atoms with Crippen LogP contribution in [0.2, 0.25) is 0 Å². The third kappa shape index (κ3) is 4.26. The van der Waals surface area contributed by atoms with Crippen LogP contribution >= 0.6 is 11.3 Å². The van der Waals surface area contributed by atoms with E-state index in [1.54, 1.807) is 6.07 Å². The van der Waals surface area contributed by atoms with E-state index in [-0.39, 0.29) is 0 Å². The molecule has 0 saturated heterocycles. The van der Waals surface area contributed by atoms with E-state index in [1.165, 1.54) is 24.2 Å². The second-order valence-corrected chi connectivity index (χ2v) is 8.18. The van der Waals surface area contributed by atoms with Crippen LogP contribution in [0.5, 0.6) is 0 Å². The fourth-order valence-corrected chi connectivity index (χ4v) is 4.65. The molecular formula is C13H23N3O2S2. The van der Waals surface area contributed by atoms with E-state index in [1.807, 2.05) is 6.07 Å². The SMILES string of the molecule is CCN(CCNS(=O)(=O)c1ccc(CCN)s1)C1CC1. The van der Waals surface area contributed by atoms with Gasteiger partial charge in [0.25, 0.3) is 0 Å². The molecule has 1 aromatic heterocycles. The predicted octanol–water partition coefficient (Wildman–Crippen LogP) is 1.01. The Balaban J connectivity index is 1.86. The van der Waals surface area contributed by atoms with Gasteiger partial charge in [-0.05, 0) is 44.5 Å². The lowest BCUT2D eigenvalue weighted by Gasteiger charge is -2.19. The number of nitrogens with two attached hydrogens (primary N) is 1. The normalized spacial score (nSPS) is 15.9. The molecule has 0 spiro atoms. The molecule has 0 bridgehead atoms. The van der Waals surface area contributed by atoms with E-state index < -0.39 is 10.0 Å². The van der Waals surface area contributed by atoms with Crippen LogP contribution in [0.1, 0.15) is 24.6 Å². The Hall–Kier alpha value is -0.470. The van der Waals surface area contributed by atoms with Crippen LogP contribution in [0.4, 0.5) is 0 Å². The van der Waals surface area contributed by atoms with Crippen LogP contribution in [0.15, 0.2) is 16.3 Å². The molecule has 1 aromatic rings. The highest BCUT2D eigenvalue weighted by Gasteiger charge is 2.27. The van der Waals surface area contributed by atoms with Crippen molar-refractivity contribution >= 4 is 21.4 Å². The van der Waals surface area contributed by atoms with Crippen molar-refractivity contribution < 1.29 is 8.42 Å². The summed E-state index contributed by atoms with van der Waals surface area (Å²) in [6.45, 7) is 4.88. The number of thiophene rings is 1. The molecule has 0 radical (unpaired) electrons. The highest BCUT2D eigenvalue weighted by Crippen LogP contribution is 2.26. The zero-order chi connectivity index (χ0) is 14.6. The van der Waals surface area contributed by atoms with E-state index in [4.69, 9.17) is 5.73 Å². The first-order chi connectivity index (χ1) is 9.56. The molecule has 7 heteroatoms. The zero-order valence-electron chi connectivity index (χ0n) is 11.8. The summed E-state index contributed by atoms with van der Waals surface area (Å²) in [7, 11) is -3.37. The Morgan fingerprint density at radius 3 is 2.80 bits per heavy atom. The smallest absolute Gasteiger partial charge is 0.250 e. The van der Waals surface area contributed by atoms with Gasteiger partial charge in [0.05, 0.1) is 0 Å². The van der Waals surface area contributed by atoms with Crippen molar-refractivity contribution in [1.82, 2.24) is 9.62 Å². The molecule has 1 heterocycles. The van der Waals surface area contributed by atoms with Gasteiger partial charge in [-0.1, -0.05) is 6.92 Å². The third-order valence-electron chi connectivity index (χ3n) is 3.45. The minimum atomic E-state index is -3.37. The summed E-state index contributed by atoms with van der Waals surface area (Å²) >= 11 is 1.30. The van der Waals surface area contributed by atoms with Crippen molar-refractivity contribution in [3.63, 3.8) is 0 Å². The molecule has 0 unspecified atom stereocenters. The number of hydrogen-bond acceptors (Lipinski definition) is 5. The van der Waals surface area contributed by atoms with E-state index >= 15 is 0 Å². The van der Waals surface area contributed by atoms with E-state index in [0.717, 1.165) is 24.4 Å². The Morgan fingerprint density at radius 2 is 2.20 bits per heavy atom. The van der Waals surface area contributed by atoms with Gasteiger partial charge in [-0.3, -0.25) is 4.90 Å². The summed E-state index contributed by atoms with van der Waals surface area (Å²) in [5.74, 6) is 0. The molecule has 1 fully saturated rings. The van der Waals surface area contributed by atoms with E-state index in [9.17, 15) is 8.42 Å². The van der Waals surface area contributed by atoms with Gasteiger partial charge >= 0.3 is 0 Å². The lowest BCUT2D eigenvalue weighted by Crippen LogP contribution is -2.35. The molecule has 1 saturated carbocycles. The molecule has 2 rings (SSSR count). The van der Waals surface area contributed by atoms with Crippen LogP contribution < -0.4 is 10.5 Å². The molecular weight excluding hydrogens is 294 g/mol. The minimum absolute atomic E-state index is 0.385. The number of sulfonamides is 1. The maximum absolute atomic E-state index is 12.2. The predicted molar refractivity (Wildman–Crippen MR) is 82.5 cm³/mol. The molecule has 1 aliphatic carbocycles. The van der Waals surface area contributed by atoms with E-state index in [0.29, 0.717) is 23.3 Å². The topological polar surface area (TPSA) is 75.4 Å². The highest BCUT2D eigenvalue weighted by atomic mass is 32.2. The molecule has 5 nitrogen and oxygen atoms in total. The van der Waals surface area contributed by atoms with Gasteiger partial charge in [0.2, 0.25) is 10.0 Å². The lowest BCUT2D eigenvalue weighted by atomic mass is 10.3. The Bertz CT molecular complexity index is 523. The van der Waals surface area contributed by atoms with Crippen molar-refractivity contribution in [3.05, 3.63) is 17.0 Å². The van der Waals surface area contributed by atoms with Gasteiger partial charge in [0, 0.05) is 24.0 Å². The first kappa shape index (κ1) is 15.9. The largest absolute Gasteiger partial charge is 0.330 e. The molecule has 1 aliphatic rings. The monoisotopic (exact) mass is 317 g/mol. The van der Waals surface area contributed by atoms with Gasteiger partial charge in [-0.15, -0.1) is 11.3 Å². The summed E-state index contributed by atoms with van der Waals surface area (Å²) < 4.78 is 27.4. The Kier molecular flexibility index (Phi) is 5.57. The number of hydrogen-bond donors (Lipinski definition) is 2. The number of rotatable bonds is 9. The Labute approximate surface area is 125 Å². The molecule has 0 aromatic carbocycles. The van der Waals surface area contributed by atoms with Gasteiger partial charge in [-0.2, -0.15) is 0 Å². The highest BCUT2D eigenvalue weighted by molar-refractivity contribution is 7.91. The van der Waals surface area contributed by atoms with Crippen molar-refractivity contribution in [3.8, 4) is 0 Å². The van der Waals surface area contributed by atoms with Crippen LogP contribution in [0, 0.1) is 0 Å². The van der Waals surface area contributed by atoms with Gasteiger partial charge < -0.3 is 5.73 Å². The summed E-state index contributed by atoms with van der Waals surface area (Å²) in [5.41, 5.74) is 5.48. The van der Waals surface area contributed by atoms with Gasteiger partial charge in [-0.25, -0.2) is 13.1 Å². The average molecular weight is 317 g/mol. The van der Waals surface area contributed by atoms with Crippen molar-refractivity contribution in [2.75, 3.05) is 26.2 Å². The number of nitrogens with zero attached hydrogens (tertiary/aromatic N) is 1. The fourth-order valence-electron chi connectivity index (χ4n) is 2.21. The molecule has 0 amide bonds. The quantitative estimate of drug-likeness (QED) is 0.713. The third-order valence-corrected chi connectivity index (χ3v) is 6.55. The summed E-state index contributed by atoms with van der Waals surface area (Å²) in [5, 5.41) is 0. The number of likely N-dealkylation sites (N-methyl/N-ethyl adjacent to an activating group) is 1. The summed E-state index contributed by atoms with van der Waals surface area (Å²) in [4.78, 5) is 3.35. The molecule has 0 atom stereocenters. The standard InChI is InChI=1S/C13H23N3O2S2/c1-2-16(11-3-4-11)10-9-15-20(17,18)13-6-5-12(19-13)7-8-14/h5-6,11,15H,2-4,7-10,14H2,1H3. The van der Waals surface area contributed by atoms with Crippen LogP contribution in [-0.4, -0.2) is 45.5 Å². The molecule has 20 heavy (non-hydrogen) atoms. The minimum Gasteiger partial charge on any atom is -0.330 e. The van der Waals surface area contributed by atoms with Crippen LogP contribution in [0.3, 0.4) is 0 Å². The summed E-state index contributed by atoms with van der Waals surface area (Å²) in [6, 6.07) is 4.17. The first-order valence-electron chi connectivity index (χ1n) is 7.09. The van der Waals surface area contributed by atoms with Crippen LogP contribution in [-0.2, 0) is 16.4 Å².